The van der Waals surface area contributed by atoms with Crippen LogP contribution in [0.4, 0.5) is 11.6 Å². The Balaban J connectivity index is 1.96. The van der Waals surface area contributed by atoms with Crippen molar-refractivity contribution in [1.29, 1.82) is 0 Å². The standard InChI is InChI=1S/C17H19N3O5/c1-3-11(2)16(21)19-13-6-4-5-12(9-13)10-18-17(22)14-7-8-15(25-14)20(23)24/h4-9,11H,3,10H2,1-2H3,(H,18,22)(H,19,21). The summed E-state index contributed by atoms with van der Waals surface area (Å²) in [4.78, 5) is 33.7. The Kier molecular flexibility index (Phi) is 5.89. The summed E-state index contributed by atoms with van der Waals surface area (Å²) < 4.78 is 4.84. The van der Waals surface area contributed by atoms with Crippen LogP contribution in [0.5, 0.6) is 0 Å². The lowest BCUT2D eigenvalue weighted by molar-refractivity contribution is -0.402. The summed E-state index contributed by atoms with van der Waals surface area (Å²) in [6.45, 7) is 3.98. The monoisotopic (exact) mass is 345 g/mol. The van der Waals surface area contributed by atoms with E-state index in [0.29, 0.717) is 5.69 Å². The molecule has 2 aromatic rings. The molecular weight excluding hydrogens is 326 g/mol. The molecule has 1 aromatic heterocycles. The first-order valence-electron chi connectivity index (χ1n) is 7.83. The average Bonchev–Trinajstić information content (AvgIpc) is 3.09. The number of carbonyl (C=O) groups is 2. The molecule has 0 bridgehead atoms. The summed E-state index contributed by atoms with van der Waals surface area (Å²) in [7, 11) is 0. The van der Waals surface area contributed by atoms with Crippen LogP contribution in [0.1, 0.15) is 36.4 Å². The van der Waals surface area contributed by atoms with Crippen LogP contribution in [0, 0.1) is 16.0 Å². The molecule has 2 rings (SSSR count). The molecule has 1 unspecified atom stereocenters. The van der Waals surface area contributed by atoms with Gasteiger partial charge in [0.25, 0.3) is 5.91 Å². The Morgan fingerprint density at radius 2 is 2.04 bits per heavy atom. The zero-order chi connectivity index (χ0) is 18.4. The molecule has 2 N–H and O–H groups in total. The van der Waals surface area contributed by atoms with Crippen LogP contribution in [0.3, 0.4) is 0 Å². The number of rotatable bonds is 7. The molecule has 0 saturated heterocycles. The summed E-state index contributed by atoms with van der Waals surface area (Å²) in [5.41, 5.74) is 1.42. The van der Waals surface area contributed by atoms with Gasteiger partial charge < -0.3 is 15.1 Å². The Morgan fingerprint density at radius 1 is 1.28 bits per heavy atom. The maximum Gasteiger partial charge on any atom is 0.433 e. The van der Waals surface area contributed by atoms with Crippen molar-refractivity contribution in [3.8, 4) is 0 Å². The normalized spacial score (nSPS) is 11.6. The van der Waals surface area contributed by atoms with Crippen molar-refractivity contribution in [1.82, 2.24) is 5.32 Å². The van der Waals surface area contributed by atoms with Crippen LogP contribution < -0.4 is 10.6 Å². The fourth-order valence-electron chi connectivity index (χ4n) is 2.03. The highest BCUT2D eigenvalue weighted by atomic mass is 16.6. The zero-order valence-corrected chi connectivity index (χ0v) is 13.9. The molecule has 0 saturated carbocycles. The smallest absolute Gasteiger partial charge is 0.395 e. The molecule has 0 aliphatic heterocycles. The van der Waals surface area contributed by atoms with Crippen LogP contribution in [-0.2, 0) is 11.3 Å². The van der Waals surface area contributed by atoms with Crippen molar-refractivity contribution in [2.24, 2.45) is 5.92 Å². The third-order valence-electron chi connectivity index (χ3n) is 3.70. The third-order valence-corrected chi connectivity index (χ3v) is 3.70. The van der Waals surface area contributed by atoms with E-state index < -0.39 is 16.7 Å². The predicted octanol–water partition coefficient (Wildman–Crippen LogP) is 3.10. The highest BCUT2D eigenvalue weighted by molar-refractivity contribution is 5.92. The summed E-state index contributed by atoms with van der Waals surface area (Å²) in [5, 5.41) is 16.0. The van der Waals surface area contributed by atoms with Crippen LogP contribution in [0.2, 0.25) is 0 Å². The molecule has 1 aromatic carbocycles. The highest BCUT2D eigenvalue weighted by Crippen LogP contribution is 2.16. The number of nitrogens with one attached hydrogen (secondary N) is 2. The van der Waals surface area contributed by atoms with Gasteiger partial charge in [-0.1, -0.05) is 26.0 Å². The van der Waals surface area contributed by atoms with E-state index in [1.165, 1.54) is 6.07 Å². The maximum atomic E-state index is 11.9. The number of nitro groups is 1. The molecule has 8 nitrogen and oxygen atoms in total. The first kappa shape index (κ1) is 18.2. The molecule has 0 aliphatic rings. The van der Waals surface area contributed by atoms with E-state index in [9.17, 15) is 19.7 Å². The Bertz CT molecular complexity index is 784. The minimum atomic E-state index is -0.708. The number of hydrogen-bond donors (Lipinski definition) is 2. The predicted molar refractivity (Wildman–Crippen MR) is 91.1 cm³/mol. The Morgan fingerprint density at radius 3 is 2.68 bits per heavy atom. The largest absolute Gasteiger partial charge is 0.433 e. The quantitative estimate of drug-likeness (QED) is 0.591. The second-order valence-electron chi connectivity index (χ2n) is 5.58. The van der Waals surface area contributed by atoms with Gasteiger partial charge in [-0.2, -0.15) is 0 Å². The highest BCUT2D eigenvalue weighted by Gasteiger charge is 2.17. The SMILES string of the molecule is CCC(C)C(=O)Nc1cccc(CNC(=O)c2ccc([N+](=O)[O-])o2)c1. The molecule has 0 aliphatic carbocycles. The number of anilines is 1. The lowest BCUT2D eigenvalue weighted by Gasteiger charge is -2.11. The van der Waals surface area contributed by atoms with Gasteiger partial charge in [0.05, 0.1) is 6.07 Å². The summed E-state index contributed by atoms with van der Waals surface area (Å²) in [5.74, 6) is -1.32. The molecule has 1 heterocycles. The van der Waals surface area contributed by atoms with Crippen molar-refractivity contribution < 1.29 is 18.9 Å². The lowest BCUT2D eigenvalue weighted by Crippen LogP contribution is -2.22. The minimum absolute atomic E-state index is 0.0634. The van der Waals surface area contributed by atoms with Gasteiger partial charge in [-0.25, -0.2) is 0 Å². The summed E-state index contributed by atoms with van der Waals surface area (Å²) in [6.07, 6.45) is 0.747. The molecule has 0 spiro atoms. The van der Waals surface area contributed by atoms with Gasteiger partial charge in [-0.3, -0.25) is 19.7 Å². The van der Waals surface area contributed by atoms with Crippen molar-refractivity contribution in [2.45, 2.75) is 26.8 Å². The molecule has 132 valence electrons. The second-order valence-corrected chi connectivity index (χ2v) is 5.58. The number of benzene rings is 1. The van der Waals surface area contributed by atoms with E-state index in [1.54, 1.807) is 24.3 Å². The first-order chi connectivity index (χ1) is 11.9. The molecule has 8 heteroatoms. The number of furan rings is 1. The van der Waals surface area contributed by atoms with Crippen LogP contribution in [0.25, 0.3) is 0 Å². The number of carbonyl (C=O) groups excluding carboxylic acids is 2. The van der Waals surface area contributed by atoms with Crippen molar-refractivity contribution >= 4 is 23.4 Å². The first-order valence-corrected chi connectivity index (χ1v) is 7.83. The van der Waals surface area contributed by atoms with Crippen LogP contribution in [-0.4, -0.2) is 16.7 Å². The van der Waals surface area contributed by atoms with E-state index in [1.807, 2.05) is 13.8 Å². The van der Waals surface area contributed by atoms with Gasteiger partial charge in [-0.15, -0.1) is 0 Å². The van der Waals surface area contributed by atoms with E-state index in [4.69, 9.17) is 4.42 Å². The summed E-state index contributed by atoms with van der Waals surface area (Å²) >= 11 is 0. The fraction of sp³-hybridized carbons (Fsp3) is 0.294. The number of nitrogens with zero attached hydrogens (tertiary/aromatic N) is 1. The average molecular weight is 345 g/mol. The van der Waals surface area contributed by atoms with E-state index >= 15 is 0 Å². The zero-order valence-electron chi connectivity index (χ0n) is 13.9. The Hall–Kier alpha value is -3.16. The van der Waals surface area contributed by atoms with Crippen molar-refractivity contribution in [3.63, 3.8) is 0 Å². The van der Waals surface area contributed by atoms with Gasteiger partial charge in [0.1, 0.15) is 4.92 Å². The number of amides is 2. The molecule has 25 heavy (non-hydrogen) atoms. The molecular formula is C17H19N3O5. The van der Waals surface area contributed by atoms with E-state index in [-0.39, 0.29) is 24.1 Å². The third kappa shape index (κ3) is 4.90. The Labute approximate surface area is 144 Å². The second kappa shape index (κ2) is 8.09. The minimum Gasteiger partial charge on any atom is -0.395 e. The topological polar surface area (TPSA) is 114 Å². The van der Waals surface area contributed by atoms with E-state index in [2.05, 4.69) is 10.6 Å². The number of hydrogen-bond acceptors (Lipinski definition) is 5. The van der Waals surface area contributed by atoms with Gasteiger partial charge >= 0.3 is 5.88 Å². The fourth-order valence-corrected chi connectivity index (χ4v) is 2.03. The molecule has 0 radical (unpaired) electrons. The maximum absolute atomic E-state index is 11.9. The molecule has 0 fully saturated rings. The molecule has 2 amide bonds. The van der Waals surface area contributed by atoms with Crippen molar-refractivity contribution in [3.05, 3.63) is 57.8 Å². The lowest BCUT2D eigenvalue weighted by atomic mass is 10.1. The van der Waals surface area contributed by atoms with Gasteiger partial charge in [0.15, 0.2) is 5.76 Å². The van der Waals surface area contributed by atoms with Gasteiger partial charge in [0.2, 0.25) is 5.91 Å². The van der Waals surface area contributed by atoms with E-state index in [0.717, 1.165) is 18.1 Å². The van der Waals surface area contributed by atoms with Crippen LogP contribution >= 0.6 is 0 Å². The van der Waals surface area contributed by atoms with Crippen molar-refractivity contribution in [2.75, 3.05) is 5.32 Å². The molecule has 1 atom stereocenters. The van der Waals surface area contributed by atoms with Gasteiger partial charge in [0, 0.05) is 18.2 Å². The van der Waals surface area contributed by atoms with Gasteiger partial charge in [-0.05, 0) is 30.2 Å². The van der Waals surface area contributed by atoms with Crippen LogP contribution in [0.15, 0.2) is 40.8 Å². The summed E-state index contributed by atoms with van der Waals surface area (Å²) in [6, 6.07) is 9.46.